The van der Waals surface area contributed by atoms with Crippen molar-refractivity contribution in [3.05, 3.63) is 57.2 Å². The van der Waals surface area contributed by atoms with Gasteiger partial charge in [0.25, 0.3) is 5.56 Å². The summed E-state index contributed by atoms with van der Waals surface area (Å²) in [6, 6.07) is 0. The van der Waals surface area contributed by atoms with Gasteiger partial charge >= 0.3 is 0 Å². The number of hydrogen-bond acceptors (Lipinski definition) is 4. The van der Waals surface area contributed by atoms with Crippen LogP contribution in [-0.2, 0) is 12.8 Å². The van der Waals surface area contributed by atoms with Crippen LogP contribution in [0, 0.1) is 6.92 Å². The number of aryl methyl sites for hydroxylation is 1. The Bertz CT molecular complexity index is 1040. The summed E-state index contributed by atoms with van der Waals surface area (Å²) < 4.78 is 0. The van der Waals surface area contributed by atoms with Gasteiger partial charge < -0.3 is 15.0 Å². The molecule has 3 aromatic heterocycles. The highest BCUT2D eigenvalue weighted by Gasteiger charge is 2.31. The Kier molecular flexibility index (Phi) is 6.18. The highest BCUT2D eigenvalue weighted by molar-refractivity contribution is 5.60. The van der Waals surface area contributed by atoms with Crippen molar-refractivity contribution >= 4 is 0 Å². The van der Waals surface area contributed by atoms with Gasteiger partial charge in [-0.2, -0.15) is 0 Å². The minimum atomic E-state index is -0.168. The van der Waals surface area contributed by atoms with Gasteiger partial charge in [0.2, 0.25) is 0 Å². The normalized spacial score (nSPS) is 14.0. The van der Waals surface area contributed by atoms with Gasteiger partial charge in [-0.15, -0.1) is 0 Å². The van der Waals surface area contributed by atoms with E-state index >= 15 is 0 Å². The fourth-order valence-electron chi connectivity index (χ4n) is 4.47. The van der Waals surface area contributed by atoms with Gasteiger partial charge in [-0.1, -0.05) is 13.8 Å². The first-order chi connectivity index (χ1) is 14.6. The van der Waals surface area contributed by atoms with Crippen LogP contribution in [0.5, 0.6) is 0 Å². The van der Waals surface area contributed by atoms with Crippen molar-refractivity contribution in [2.24, 2.45) is 0 Å². The summed E-state index contributed by atoms with van der Waals surface area (Å²) in [5, 5.41) is 5.36. The Labute approximate surface area is 177 Å². The molecule has 0 amide bonds. The minimum Gasteiger partial charge on any atom is -0.362 e. The van der Waals surface area contributed by atoms with Crippen molar-refractivity contribution in [2.45, 2.75) is 58.8 Å². The van der Waals surface area contributed by atoms with Crippen LogP contribution in [0.1, 0.15) is 67.2 Å². The molecule has 0 aromatic carbocycles. The predicted molar refractivity (Wildman–Crippen MR) is 119 cm³/mol. The Morgan fingerprint density at radius 3 is 2.60 bits per heavy atom. The lowest BCUT2D eigenvalue weighted by Gasteiger charge is -2.18. The van der Waals surface area contributed by atoms with Crippen molar-refractivity contribution < 1.29 is 0 Å². The molecule has 3 aromatic rings. The van der Waals surface area contributed by atoms with E-state index in [1.165, 1.54) is 41.8 Å². The molecule has 1 saturated carbocycles. The molecule has 7 heteroatoms. The summed E-state index contributed by atoms with van der Waals surface area (Å²) in [5.74, 6) is 0.657. The standard InChI is InChI=1S/C23H32N6O/c1-4-29(5-2)12-6-7-17-15(3)27-19(21(17)16-8-9-16)13-20-22(25-11-10-24-20)18-14-26-28-23(18)30/h10-11,14,16,27H,4-9,12-13H2,1-3H3,(H2,26,28,30). The molecule has 4 rings (SSSR count). The van der Waals surface area contributed by atoms with Gasteiger partial charge in [-0.05, 0) is 69.3 Å². The predicted octanol–water partition coefficient (Wildman–Crippen LogP) is 3.54. The van der Waals surface area contributed by atoms with Crippen molar-refractivity contribution in [1.82, 2.24) is 30.0 Å². The average molecular weight is 409 g/mol. The highest BCUT2D eigenvalue weighted by Crippen LogP contribution is 2.45. The second kappa shape index (κ2) is 9.00. The molecule has 0 saturated heterocycles. The van der Waals surface area contributed by atoms with E-state index in [1.807, 2.05) is 0 Å². The fraction of sp³-hybridized carbons (Fsp3) is 0.522. The maximum Gasteiger partial charge on any atom is 0.273 e. The third kappa shape index (κ3) is 4.26. The van der Waals surface area contributed by atoms with Crippen LogP contribution >= 0.6 is 0 Å². The number of H-pyrrole nitrogens is 3. The molecule has 30 heavy (non-hydrogen) atoms. The summed E-state index contributed by atoms with van der Waals surface area (Å²) in [5.41, 5.74) is 7.35. The largest absolute Gasteiger partial charge is 0.362 e. The molecular weight excluding hydrogens is 376 g/mol. The van der Waals surface area contributed by atoms with Gasteiger partial charge in [0, 0.05) is 36.4 Å². The molecule has 0 spiro atoms. The monoisotopic (exact) mass is 408 g/mol. The lowest BCUT2D eigenvalue weighted by Crippen LogP contribution is -2.24. The van der Waals surface area contributed by atoms with Crippen LogP contribution < -0.4 is 5.56 Å². The molecule has 0 atom stereocenters. The number of aromatic nitrogens is 5. The third-order valence-corrected chi connectivity index (χ3v) is 6.24. The second-order valence-electron chi connectivity index (χ2n) is 8.21. The first-order valence-corrected chi connectivity index (χ1v) is 11.1. The molecule has 1 aliphatic carbocycles. The summed E-state index contributed by atoms with van der Waals surface area (Å²) in [7, 11) is 0. The summed E-state index contributed by atoms with van der Waals surface area (Å²) >= 11 is 0. The first kappa shape index (κ1) is 20.6. The quantitative estimate of drug-likeness (QED) is 0.478. The zero-order valence-corrected chi connectivity index (χ0v) is 18.2. The number of rotatable bonds is 10. The molecule has 3 heterocycles. The van der Waals surface area contributed by atoms with E-state index in [0.717, 1.165) is 31.7 Å². The van der Waals surface area contributed by atoms with Crippen LogP contribution in [0.2, 0.25) is 0 Å². The average Bonchev–Trinajstić information content (AvgIpc) is 3.42. The van der Waals surface area contributed by atoms with Crippen molar-refractivity contribution in [3.63, 3.8) is 0 Å². The van der Waals surface area contributed by atoms with Crippen molar-refractivity contribution in [3.8, 4) is 11.3 Å². The number of nitrogens with zero attached hydrogens (tertiary/aromatic N) is 3. The van der Waals surface area contributed by atoms with E-state index in [9.17, 15) is 4.79 Å². The van der Waals surface area contributed by atoms with Gasteiger partial charge in [-0.25, -0.2) is 0 Å². The van der Waals surface area contributed by atoms with Crippen LogP contribution in [0.4, 0.5) is 0 Å². The number of nitrogens with one attached hydrogen (secondary N) is 3. The minimum absolute atomic E-state index is 0.168. The van der Waals surface area contributed by atoms with Crippen LogP contribution in [0.15, 0.2) is 23.4 Å². The van der Waals surface area contributed by atoms with Crippen LogP contribution in [0.3, 0.4) is 0 Å². The molecule has 0 bridgehead atoms. The summed E-state index contributed by atoms with van der Waals surface area (Å²) in [6.07, 6.45) is 10.5. The van der Waals surface area contributed by atoms with E-state index in [2.05, 4.69) is 50.8 Å². The van der Waals surface area contributed by atoms with Gasteiger partial charge in [0.1, 0.15) is 0 Å². The van der Waals surface area contributed by atoms with Crippen LogP contribution in [0.25, 0.3) is 11.3 Å². The van der Waals surface area contributed by atoms with E-state index in [4.69, 9.17) is 0 Å². The van der Waals surface area contributed by atoms with Gasteiger partial charge in [0.15, 0.2) is 0 Å². The highest BCUT2D eigenvalue weighted by atomic mass is 16.1. The Morgan fingerprint density at radius 2 is 1.93 bits per heavy atom. The lowest BCUT2D eigenvalue weighted by atomic mass is 9.97. The van der Waals surface area contributed by atoms with Gasteiger partial charge in [-0.3, -0.25) is 19.9 Å². The maximum absolute atomic E-state index is 12.1. The SMILES string of the molecule is CCN(CC)CCCc1c(C)[nH]c(Cc2nccnc2-c2c[nH][nH]c2=O)c1C1CC1. The Balaban J connectivity index is 1.60. The molecular formula is C23H32N6O. The number of aromatic amines is 3. The molecule has 0 aliphatic heterocycles. The third-order valence-electron chi connectivity index (χ3n) is 6.24. The molecule has 3 N–H and O–H groups in total. The maximum atomic E-state index is 12.1. The van der Waals surface area contributed by atoms with E-state index in [1.54, 1.807) is 18.6 Å². The number of hydrogen-bond donors (Lipinski definition) is 3. The molecule has 0 radical (unpaired) electrons. The Hall–Kier alpha value is -2.67. The van der Waals surface area contributed by atoms with E-state index < -0.39 is 0 Å². The Morgan fingerprint density at radius 1 is 1.17 bits per heavy atom. The molecule has 0 unspecified atom stereocenters. The zero-order chi connectivity index (χ0) is 21.1. The summed E-state index contributed by atoms with van der Waals surface area (Å²) in [4.78, 5) is 27.3. The summed E-state index contributed by atoms with van der Waals surface area (Å²) in [6.45, 7) is 10.0. The van der Waals surface area contributed by atoms with E-state index in [0.29, 0.717) is 23.6 Å². The second-order valence-corrected chi connectivity index (χ2v) is 8.21. The molecule has 7 nitrogen and oxygen atoms in total. The smallest absolute Gasteiger partial charge is 0.273 e. The van der Waals surface area contributed by atoms with Crippen molar-refractivity contribution in [2.75, 3.05) is 19.6 Å². The topological polar surface area (TPSA) is 93.5 Å². The fourth-order valence-corrected chi connectivity index (χ4v) is 4.47. The molecule has 1 aliphatic rings. The van der Waals surface area contributed by atoms with Crippen LogP contribution in [-0.4, -0.2) is 49.7 Å². The zero-order valence-electron chi connectivity index (χ0n) is 18.2. The molecule has 160 valence electrons. The lowest BCUT2D eigenvalue weighted by molar-refractivity contribution is 0.300. The molecule has 1 fully saturated rings. The van der Waals surface area contributed by atoms with E-state index in [-0.39, 0.29) is 5.56 Å². The van der Waals surface area contributed by atoms with Gasteiger partial charge in [0.05, 0.1) is 17.0 Å². The van der Waals surface area contributed by atoms with Crippen molar-refractivity contribution in [1.29, 1.82) is 0 Å². The first-order valence-electron chi connectivity index (χ1n) is 11.1.